The van der Waals surface area contributed by atoms with Crippen LogP contribution in [0.25, 0.3) is 0 Å². The van der Waals surface area contributed by atoms with Crippen LogP contribution in [0.4, 0.5) is 0 Å². The van der Waals surface area contributed by atoms with Crippen LogP contribution in [0.5, 0.6) is 0 Å². The number of methoxy groups -OCH3 is 1. The van der Waals surface area contributed by atoms with E-state index < -0.39 is 0 Å². The Kier molecular flexibility index (Phi) is 5.46. The summed E-state index contributed by atoms with van der Waals surface area (Å²) in [7, 11) is 1.74. The molecule has 2 nitrogen and oxygen atoms in total. The van der Waals surface area contributed by atoms with E-state index in [-0.39, 0.29) is 6.10 Å². The van der Waals surface area contributed by atoms with Crippen molar-refractivity contribution in [3.63, 3.8) is 0 Å². The first-order chi connectivity index (χ1) is 7.54. The molecule has 90 valence electrons. The molecule has 0 aliphatic heterocycles. The number of hydrogen-bond acceptors (Lipinski definition) is 2. The topological polar surface area (TPSA) is 21.3 Å². The second-order valence-corrected chi connectivity index (χ2v) is 5.09. The standard InChI is InChI=1S/C13H20BrNO/c1-9(11(3)16-4)15-10(2)12-5-7-13(14)8-6-12/h5-11,15H,1-4H3. The molecule has 16 heavy (non-hydrogen) atoms. The molecule has 0 saturated heterocycles. The van der Waals surface area contributed by atoms with Gasteiger partial charge in [0.15, 0.2) is 0 Å². The highest BCUT2D eigenvalue weighted by Crippen LogP contribution is 2.17. The third-order valence-corrected chi connectivity index (χ3v) is 3.49. The smallest absolute Gasteiger partial charge is 0.0693 e. The predicted octanol–water partition coefficient (Wildman–Crippen LogP) is 3.52. The van der Waals surface area contributed by atoms with Gasteiger partial charge in [-0.1, -0.05) is 28.1 Å². The van der Waals surface area contributed by atoms with Crippen LogP contribution < -0.4 is 5.32 Å². The largest absolute Gasteiger partial charge is 0.380 e. The van der Waals surface area contributed by atoms with Crippen molar-refractivity contribution in [2.45, 2.75) is 39.0 Å². The van der Waals surface area contributed by atoms with E-state index in [9.17, 15) is 0 Å². The van der Waals surface area contributed by atoms with Crippen LogP contribution >= 0.6 is 15.9 Å². The molecule has 1 rings (SSSR count). The molecule has 0 aliphatic rings. The number of rotatable bonds is 5. The number of benzene rings is 1. The van der Waals surface area contributed by atoms with Crippen molar-refractivity contribution in [3.05, 3.63) is 34.3 Å². The monoisotopic (exact) mass is 285 g/mol. The Morgan fingerprint density at radius 1 is 1.12 bits per heavy atom. The van der Waals surface area contributed by atoms with Gasteiger partial charge in [-0.25, -0.2) is 0 Å². The van der Waals surface area contributed by atoms with E-state index in [0.717, 1.165) is 4.47 Å². The maximum absolute atomic E-state index is 5.30. The van der Waals surface area contributed by atoms with E-state index in [1.165, 1.54) is 5.56 Å². The maximum atomic E-state index is 5.30. The Balaban J connectivity index is 2.58. The molecule has 0 saturated carbocycles. The molecule has 0 radical (unpaired) electrons. The highest BCUT2D eigenvalue weighted by molar-refractivity contribution is 9.10. The van der Waals surface area contributed by atoms with Gasteiger partial charge in [-0.2, -0.15) is 0 Å². The van der Waals surface area contributed by atoms with E-state index in [2.05, 4.69) is 66.3 Å². The maximum Gasteiger partial charge on any atom is 0.0693 e. The first-order valence-corrected chi connectivity index (χ1v) is 6.38. The average Bonchev–Trinajstić information content (AvgIpc) is 2.28. The first kappa shape index (κ1) is 13.7. The molecule has 1 N–H and O–H groups in total. The van der Waals surface area contributed by atoms with Crippen molar-refractivity contribution in [3.8, 4) is 0 Å². The molecule has 0 spiro atoms. The lowest BCUT2D eigenvalue weighted by molar-refractivity contribution is 0.0852. The second-order valence-electron chi connectivity index (χ2n) is 4.17. The van der Waals surface area contributed by atoms with E-state index in [1.807, 2.05) is 0 Å². The summed E-state index contributed by atoms with van der Waals surface area (Å²) in [6.07, 6.45) is 0.220. The van der Waals surface area contributed by atoms with Crippen LogP contribution in [0.2, 0.25) is 0 Å². The Morgan fingerprint density at radius 2 is 1.69 bits per heavy atom. The molecule has 0 aromatic heterocycles. The summed E-state index contributed by atoms with van der Waals surface area (Å²) in [5.41, 5.74) is 1.29. The summed E-state index contributed by atoms with van der Waals surface area (Å²) < 4.78 is 6.41. The van der Waals surface area contributed by atoms with Crippen LogP contribution in [0.1, 0.15) is 32.4 Å². The third kappa shape index (κ3) is 3.89. The summed E-state index contributed by atoms with van der Waals surface area (Å²) in [6.45, 7) is 6.39. The van der Waals surface area contributed by atoms with Gasteiger partial charge in [0, 0.05) is 23.7 Å². The minimum atomic E-state index is 0.220. The Hall–Kier alpha value is -0.380. The molecular formula is C13H20BrNO. The van der Waals surface area contributed by atoms with Crippen molar-refractivity contribution in [1.82, 2.24) is 5.32 Å². The number of hydrogen-bond donors (Lipinski definition) is 1. The van der Waals surface area contributed by atoms with Crippen LogP contribution in [-0.4, -0.2) is 19.3 Å². The summed E-state index contributed by atoms with van der Waals surface area (Å²) in [4.78, 5) is 0. The molecule has 1 aromatic rings. The van der Waals surface area contributed by atoms with Gasteiger partial charge in [0.25, 0.3) is 0 Å². The van der Waals surface area contributed by atoms with E-state index in [4.69, 9.17) is 4.74 Å². The molecule has 0 fully saturated rings. The summed E-state index contributed by atoms with van der Waals surface area (Å²) in [6, 6.07) is 9.07. The van der Waals surface area contributed by atoms with Gasteiger partial charge < -0.3 is 10.1 Å². The highest BCUT2D eigenvalue weighted by Gasteiger charge is 2.14. The van der Waals surface area contributed by atoms with Gasteiger partial charge >= 0.3 is 0 Å². The van der Waals surface area contributed by atoms with Crippen molar-refractivity contribution >= 4 is 15.9 Å². The van der Waals surface area contributed by atoms with Crippen molar-refractivity contribution in [1.29, 1.82) is 0 Å². The lowest BCUT2D eigenvalue weighted by atomic mass is 10.1. The Labute approximate surface area is 107 Å². The second kappa shape index (κ2) is 6.38. The Morgan fingerprint density at radius 3 is 2.19 bits per heavy atom. The summed E-state index contributed by atoms with van der Waals surface area (Å²) in [5, 5.41) is 3.53. The number of nitrogens with one attached hydrogen (secondary N) is 1. The molecule has 0 amide bonds. The third-order valence-electron chi connectivity index (χ3n) is 2.96. The van der Waals surface area contributed by atoms with Gasteiger partial charge in [-0.3, -0.25) is 0 Å². The van der Waals surface area contributed by atoms with Gasteiger partial charge in [-0.15, -0.1) is 0 Å². The molecule has 1 aromatic carbocycles. The molecule has 0 heterocycles. The SMILES string of the molecule is COC(C)C(C)NC(C)c1ccc(Br)cc1. The predicted molar refractivity (Wildman–Crippen MR) is 71.6 cm³/mol. The molecular weight excluding hydrogens is 266 g/mol. The lowest BCUT2D eigenvalue weighted by Gasteiger charge is -2.24. The fourth-order valence-corrected chi connectivity index (χ4v) is 1.85. The molecule has 0 aliphatic carbocycles. The molecule has 3 unspecified atom stereocenters. The Bertz CT molecular complexity index is 312. The number of halogens is 1. The fourth-order valence-electron chi connectivity index (χ4n) is 1.58. The lowest BCUT2D eigenvalue weighted by Crippen LogP contribution is -2.38. The first-order valence-electron chi connectivity index (χ1n) is 5.59. The van der Waals surface area contributed by atoms with Crippen molar-refractivity contribution in [2.24, 2.45) is 0 Å². The zero-order valence-electron chi connectivity index (χ0n) is 10.3. The molecule has 3 heteroatoms. The van der Waals surface area contributed by atoms with E-state index in [1.54, 1.807) is 7.11 Å². The summed E-state index contributed by atoms with van der Waals surface area (Å²) in [5.74, 6) is 0. The summed E-state index contributed by atoms with van der Waals surface area (Å²) >= 11 is 3.44. The fraction of sp³-hybridized carbons (Fsp3) is 0.538. The van der Waals surface area contributed by atoms with Gasteiger partial charge in [-0.05, 0) is 38.5 Å². The van der Waals surface area contributed by atoms with Crippen LogP contribution in [0, 0.1) is 0 Å². The molecule has 3 atom stereocenters. The number of ether oxygens (including phenoxy) is 1. The van der Waals surface area contributed by atoms with Gasteiger partial charge in [0.2, 0.25) is 0 Å². The zero-order valence-corrected chi connectivity index (χ0v) is 11.9. The van der Waals surface area contributed by atoms with Crippen LogP contribution in [0.15, 0.2) is 28.7 Å². The van der Waals surface area contributed by atoms with Crippen LogP contribution in [0.3, 0.4) is 0 Å². The van der Waals surface area contributed by atoms with E-state index >= 15 is 0 Å². The van der Waals surface area contributed by atoms with E-state index in [0.29, 0.717) is 12.1 Å². The quantitative estimate of drug-likeness (QED) is 0.894. The molecule has 0 bridgehead atoms. The zero-order chi connectivity index (χ0) is 12.1. The van der Waals surface area contributed by atoms with Gasteiger partial charge in [0.05, 0.1) is 6.10 Å². The van der Waals surface area contributed by atoms with Gasteiger partial charge in [0.1, 0.15) is 0 Å². The minimum absolute atomic E-state index is 0.220. The average molecular weight is 286 g/mol. The van der Waals surface area contributed by atoms with Crippen molar-refractivity contribution in [2.75, 3.05) is 7.11 Å². The van der Waals surface area contributed by atoms with Crippen molar-refractivity contribution < 1.29 is 4.74 Å². The van der Waals surface area contributed by atoms with Crippen LogP contribution in [-0.2, 0) is 4.74 Å². The minimum Gasteiger partial charge on any atom is -0.380 e. The highest BCUT2D eigenvalue weighted by atomic mass is 79.9. The normalized spacial score (nSPS) is 16.8.